The van der Waals surface area contributed by atoms with Gasteiger partial charge in [0.05, 0.1) is 0 Å². The predicted molar refractivity (Wildman–Crippen MR) is 75.0 cm³/mol. The molecule has 1 atom stereocenters. The van der Waals surface area contributed by atoms with E-state index in [4.69, 9.17) is 0 Å². The molecule has 0 fully saturated rings. The molecule has 1 aromatic rings. The van der Waals surface area contributed by atoms with Crippen LogP contribution in [0.2, 0.25) is 0 Å². The molecular weight excluding hydrogens is 248 g/mol. The second kappa shape index (κ2) is 8.02. The van der Waals surface area contributed by atoms with Gasteiger partial charge in [0.2, 0.25) is 5.13 Å². The average molecular weight is 270 g/mol. The van der Waals surface area contributed by atoms with Gasteiger partial charge < -0.3 is 5.32 Å². The number of nitrogens with one attached hydrogen (secondary N) is 2. The molecule has 0 spiro atoms. The molecule has 1 aromatic heterocycles. The summed E-state index contributed by atoms with van der Waals surface area (Å²) >= 11 is 1.38. The molecule has 0 aromatic carbocycles. The van der Waals surface area contributed by atoms with Gasteiger partial charge in [-0.25, -0.2) is 4.79 Å². The maximum Gasteiger partial charge on any atom is 0.321 e. The first-order chi connectivity index (χ1) is 8.65. The van der Waals surface area contributed by atoms with E-state index in [0.29, 0.717) is 11.0 Å². The van der Waals surface area contributed by atoms with Crippen molar-refractivity contribution in [3.8, 4) is 0 Å². The van der Waals surface area contributed by atoms with Gasteiger partial charge in [0.25, 0.3) is 0 Å². The van der Waals surface area contributed by atoms with E-state index in [9.17, 15) is 4.79 Å². The minimum atomic E-state index is -0.193. The highest BCUT2D eigenvalue weighted by atomic mass is 32.1. The standard InChI is InChI=1S/C12H22N4OS/c1-4-6-7-10(5-2)8-13-11(17)14-12-16-15-9(3)18-12/h10H,4-8H2,1-3H3,(H2,13,14,16,17). The highest BCUT2D eigenvalue weighted by Crippen LogP contribution is 2.14. The zero-order valence-electron chi connectivity index (χ0n) is 11.3. The van der Waals surface area contributed by atoms with E-state index in [1.807, 2.05) is 6.92 Å². The number of carbonyl (C=O) groups is 1. The molecule has 0 saturated heterocycles. The lowest BCUT2D eigenvalue weighted by molar-refractivity contribution is 0.249. The Balaban J connectivity index is 2.27. The Labute approximate surface area is 112 Å². The SMILES string of the molecule is CCCCC(CC)CNC(=O)Nc1nnc(C)s1. The Hall–Kier alpha value is -1.17. The average Bonchev–Trinajstić information content (AvgIpc) is 2.75. The van der Waals surface area contributed by atoms with Crippen LogP contribution in [-0.4, -0.2) is 22.8 Å². The molecule has 5 nitrogen and oxygen atoms in total. The van der Waals surface area contributed by atoms with Crippen molar-refractivity contribution in [2.24, 2.45) is 5.92 Å². The zero-order valence-corrected chi connectivity index (χ0v) is 12.1. The molecule has 18 heavy (non-hydrogen) atoms. The van der Waals surface area contributed by atoms with Crippen molar-refractivity contribution in [3.05, 3.63) is 5.01 Å². The van der Waals surface area contributed by atoms with Gasteiger partial charge in [-0.1, -0.05) is 44.4 Å². The van der Waals surface area contributed by atoms with Crippen LogP contribution in [0.15, 0.2) is 0 Å². The first-order valence-electron chi connectivity index (χ1n) is 6.50. The van der Waals surface area contributed by atoms with Crippen LogP contribution in [0.5, 0.6) is 0 Å². The number of unbranched alkanes of at least 4 members (excludes halogenated alkanes) is 1. The molecule has 1 heterocycles. The van der Waals surface area contributed by atoms with Crippen LogP contribution >= 0.6 is 11.3 Å². The Bertz CT molecular complexity index is 367. The maximum atomic E-state index is 11.6. The molecule has 1 unspecified atom stereocenters. The largest absolute Gasteiger partial charge is 0.338 e. The van der Waals surface area contributed by atoms with Crippen molar-refractivity contribution >= 4 is 22.5 Å². The van der Waals surface area contributed by atoms with Crippen LogP contribution in [0.25, 0.3) is 0 Å². The lowest BCUT2D eigenvalue weighted by atomic mass is 9.99. The number of anilines is 1. The van der Waals surface area contributed by atoms with Gasteiger partial charge in [-0.15, -0.1) is 10.2 Å². The van der Waals surface area contributed by atoms with E-state index in [2.05, 4.69) is 34.7 Å². The third-order valence-corrected chi connectivity index (χ3v) is 3.60. The second-order valence-corrected chi connectivity index (χ2v) is 5.56. The molecule has 1 rings (SSSR count). The molecule has 6 heteroatoms. The lowest BCUT2D eigenvalue weighted by Crippen LogP contribution is -2.33. The number of hydrogen-bond donors (Lipinski definition) is 2. The quantitative estimate of drug-likeness (QED) is 0.799. The van der Waals surface area contributed by atoms with E-state index in [-0.39, 0.29) is 6.03 Å². The van der Waals surface area contributed by atoms with Crippen molar-refractivity contribution < 1.29 is 4.79 Å². The summed E-state index contributed by atoms with van der Waals surface area (Å²) in [7, 11) is 0. The molecule has 0 aliphatic rings. The van der Waals surface area contributed by atoms with Crippen molar-refractivity contribution in [2.45, 2.75) is 46.5 Å². The van der Waals surface area contributed by atoms with Gasteiger partial charge in [-0.2, -0.15) is 0 Å². The number of carbonyl (C=O) groups excluding carboxylic acids is 1. The van der Waals surface area contributed by atoms with Gasteiger partial charge in [-0.05, 0) is 19.3 Å². The summed E-state index contributed by atoms with van der Waals surface area (Å²) in [5, 5.41) is 14.7. The van der Waals surface area contributed by atoms with Gasteiger partial charge in [0.15, 0.2) is 0 Å². The van der Waals surface area contributed by atoms with E-state index in [1.54, 1.807) is 0 Å². The third kappa shape index (κ3) is 5.44. The van der Waals surface area contributed by atoms with Crippen LogP contribution in [0, 0.1) is 12.8 Å². The molecule has 0 bridgehead atoms. The van der Waals surface area contributed by atoms with Crippen molar-refractivity contribution in [2.75, 3.05) is 11.9 Å². The number of aryl methyl sites for hydroxylation is 1. The molecular formula is C12H22N4OS. The number of urea groups is 1. The summed E-state index contributed by atoms with van der Waals surface area (Å²) < 4.78 is 0. The zero-order chi connectivity index (χ0) is 13.4. The molecule has 0 radical (unpaired) electrons. The Kier molecular flexibility index (Phi) is 6.64. The van der Waals surface area contributed by atoms with E-state index in [1.165, 1.54) is 30.6 Å². The van der Waals surface area contributed by atoms with E-state index < -0.39 is 0 Å². The highest BCUT2D eigenvalue weighted by Gasteiger charge is 2.09. The Morgan fingerprint density at radius 1 is 1.39 bits per heavy atom. The number of hydrogen-bond acceptors (Lipinski definition) is 4. The van der Waals surface area contributed by atoms with Crippen LogP contribution in [0.1, 0.15) is 44.5 Å². The normalized spacial score (nSPS) is 12.2. The predicted octanol–water partition coefficient (Wildman–Crippen LogP) is 3.18. The summed E-state index contributed by atoms with van der Waals surface area (Å²) in [4.78, 5) is 11.6. The molecule has 0 saturated carbocycles. The Morgan fingerprint density at radius 3 is 2.72 bits per heavy atom. The van der Waals surface area contributed by atoms with Gasteiger partial charge in [-0.3, -0.25) is 5.32 Å². The van der Waals surface area contributed by atoms with E-state index >= 15 is 0 Å². The molecule has 102 valence electrons. The number of amides is 2. The van der Waals surface area contributed by atoms with E-state index in [0.717, 1.165) is 18.0 Å². The summed E-state index contributed by atoms with van der Waals surface area (Å²) in [6, 6.07) is -0.193. The minimum Gasteiger partial charge on any atom is -0.338 e. The second-order valence-electron chi connectivity index (χ2n) is 4.38. The first-order valence-corrected chi connectivity index (χ1v) is 7.32. The maximum absolute atomic E-state index is 11.6. The number of rotatable bonds is 7. The highest BCUT2D eigenvalue weighted by molar-refractivity contribution is 7.15. The molecule has 2 N–H and O–H groups in total. The van der Waals surface area contributed by atoms with Crippen molar-refractivity contribution in [3.63, 3.8) is 0 Å². The van der Waals surface area contributed by atoms with Crippen LogP contribution < -0.4 is 10.6 Å². The topological polar surface area (TPSA) is 66.9 Å². The summed E-state index contributed by atoms with van der Waals surface area (Å²) in [6.07, 6.45) is 4.69. The van der Waals surface area contributed by atoms with Crippen LogP contribution in [0.4, 0.5) is 9.93 Å². The van der Waals surface area contributed by atoms with Crippen LogP contribution in [0.3, 0.4) is 0 Å². The van der Waals surface area contributed by atoms with Crippen molar-refractivity contribution in [1.29, 1.82) is 0 Å². The smallest absolute Gasteiger partial charge is 0.321 e. The summed E-state index contributed by atoms with van der Waals surface area (Å²) in [5.74, 6) is 0.562. The number of aromatic nitrogens is 2. The van der Waals surface area contributed by atoms with Gasteiger partial charge in [0, 0.05) is 6.54 Å². The summed E-state index contributed by atoms with van der Waals surface area (Å²) in [6.45, 7) is 6.93. The van der Waals surface area contributed by atoms with Crippen molar-refractivity contribution in [1.82, 2.24) is 15.5 Å². The fourth-order valence-electron chi connectivity index (χ4n) is 1.67. The molecule has 0 aliphatic carbocycles. The minimum absolute atomic E-state index is 0.193. The molecule has 2 amide bonds. The van der Waals surface area contributed by atoms with Gasteiger partial charge >= 0.3 is 6.03 Å². The third-order valence-electron chi connectivity index (χ3n) is 2.84. The monoisotopic (exact) mass is 270 g/mol. The first kappa shape index (κ1) is 14.9. The fourth-order valence-corrected chi connectivity index (χ4v) is 2.26. The Morgan fingerprint density at radius 2 is 2.17 bits per heavy atom. The van der Waals surface area contributed by atoms with Crippen LogP contribution in [-0.2, 0) is 0 Å². The van der Waals surface area contributed by atoms with Gasteiger partial charge in [0.1, 0.15) is 5.01 Å². The summed E-state index contributed by atoms with van der Waals surface area (Å²) in [5.41, 5.74) is 0. The number of nitrogens with zero attached hydrogens (tertiary/aromatic N) is 2. The molecule has 0 aliphatic heterocycles. The fraction of sp³-hybridized carbons (Fsp3) is 0.750. The lowest BCUT2D eigenvalue weighted by Gasteiger charge is -2.14.